The second kappa shape index (κ2) is 23.4. The van der Waals surface area contributed by atoms with Gasteiger partial charge >= 0.3 is 23.5 Å². The summed E-state index contributed by atoms with van der Waals surface area (Å²) in [6.07, 6.45) is 3.91. The minimum Gasteiger partial charge on any atom is -0.386 e. The quantitative estimate of drug-likeness (QED) is 0.0295. The lowest BCUT2D eigenvalue weighted by Gasteiger charge is -2.30. The van der Waals surface area contributed by atoms with Crippen LogP contribution in [0.1, 0.15) is 65.5 Å². The molecule has 2 aromatic rings. The number of nitrogens with zero attached hydrogens (tertiary/aromatic N) is 4. The van der Waals surface area contributed by atoms with Gasteiger partial charge in [-0.3, -0.25) is 37.3 Å². The van der Waals surface area contributed by atoms with Crippen molar-refractivity contribution in [2.24, 2.45) is 17.3 Å². The van der Waals surface area contributed by atoms with E-state index in [0.29, 0.717) is 19.3 Å². The van der Waals surface area contributed by atoms with Gasteiger partial charge in [-0.15, -0.1) is 0 Å². The Morgan fingerprint density at radius 1 is 1.05 bits per heavy atom. The molecular formula is C35H54N7O18P3S. The predicted octanol–water partition coefficient (Wildman–Crippen LogP) is 1.56. The van der Waals surface area contributed by atoms with Gasteiger partial charge in [0.15, 0.2) is 17.7 Å². The molecule has 0 bridgehead atoms. The summed E-state index contributed by atoms with van der Waals surface area (Å²) in [7, 11) is -16.4. The van der Waals surface area contributed by atoms with Crippen LogP contribution in [0.5, 0.6) is 0 Å². The van der Waals surface area contributed by atoms with Crippen LogP contribution in [0.2, 0.25) is 0 Å². The van der Waals surface area contributed by atoms with Gasteiger partial charge in [-0.1, -0.05) is 50.8 Å². The third kappa shape index (κ3) is 16.0. The first-order valence-electron chi connectivity index (χ1n) is 19.8. The highest BCUT2D eigenvalue weighted by molar-refractivity contribution is 8.14. The molecule has 1 aliphatic carbocycles. The molecule has 2 aliphatic rings. The Hall–Kier alpha value is -3.29. The zero-order valence-electron chi connectivity index (χ0n) is 35.0. The summed E-state index contributed by atoms with van der Waals surface area (Å²) < 4.78 is 62.3. The number of carbonyl (C=O) groups excluding carboxylic acids is 4. The number of thioether (sulfide) groups is 1. The Balaban J connectivity index is 1.16. The number of fused-ring (bicyclic) bond motifs is 1. The molecule has 1 saturated carbocycles. The van der Waals surface area contributed by atoms with Crippen molar-refractivity contribution in [3.05, 3.63) is 37.0 Å². The van der Waals surface area contributed by atoms with E-state index in [-0.39, 0.29) is 65.0 Å². The number of aliphatic hydroxyl groups is 2. The average Bonchev–Trinajstić information content (AvgIpc) is 3.89. The number of aromatic nitrogens is 4. The maximum Gasteiger partial charge on any atom is 0.481 e. The number of hydrogen-bond acceptors (Lipinski definition) is 19. The van der Waals surface area contributed by atoms with Gasteiger partial charge in [0, 0.05) is 43.0 Å². The normalized spacial score (nSPS) is 24.3. The van der Waals surface area contributed by atoms with Crippen LogP contribution < -0.4 is 16.4 Å². The summed E-state index contributed by atoms with van der Waals surface area (Å²) >= 11 is 1.01. The number of rotatable bonds is 25. The van der Waals surface area contributed by atoms with E-state index in [0.717, 1.165) is 41.8 Å². The summed E-state index contributed by atoms with van der Waals surface area (Å²) in [6.45, 7) is 2.42. The smallest absolute Gasteiger partial charge is 0.386 e. The Bertz CT molecular complexity index is 2170. The van der Waals surface area contributed by atoms with Crippen LogP contribution >= 0.6 is 35.2 Å². The van der Waals surface area contributed by atoms with Gasteiger partial charge in [0.05, 0.1) is 19.5 Å². The molecule has 0 spiro atoms. The van der Waals surface area contributed by atoms with Gasteiger partial charge in [-0.2, -0.15) is 4.31 Å². The SMILES string of the molecule is CC/C=C\C[C@@H]1C(=O)CC[C@H]1C/C=C/C(=O)SCCNC(=O)CCNC(=O)C(O)C(C)(C)COP(=O)(O)OP(=O)(O)OC[C@H]1O[C@@H](n2cnc3c(N)ncnc32)[C@H](O)[C@@H]1OP(=O)(O)O. The van der Waals surface area contributed by atoms with Crippen molar-refractivity contribution in [3.63, 3.8) is 0 Å². The highest BCUT2D eigenvalue weighted by Crippen LogP contribution is 2.61. The van der Waals surface area contributed by atoms with Crippen molar-refractivity contribution in [3.8, 4) is 0 Å². The fourth-order valence-corrected chi connectivity index (χ4v) is 10.1. The number of carbonyl (C=O) groups is 4. The van der Waals surface area contributed by atoms with Gasteiger partial charge in [-0.05, 0) is 37.7 Å². The number of aliphatic hydroxyl groups excluding tert-OH is 2. The summed E-state index contributed by atoms with van der Waals surface area (Å²) in [5, 5.41) is 26.3. The van der Waals surface area contributed by atoms with E-state index in [4.69, 9.17) is 19.5 Å². The maximum absolute atomic E-state index is 12.7. The summed E-state index contributed by atoms with van der Waals surface area (Å²) in [5.41, 5.74) is 4.24. The monoisotopic (exact) mass is 985 g/mol. The molecule has 1 saturated heterocycles. The number of hydrogen-bond donors (Lipinski definition) is 9. The number of ether oxygens (including phenoxy) is 1. The Morgan fingerprint density at radius 2 is 1.77 bits per heavy atom. The van der Waals surface area contributed by atoms with Crippen LogP contribution in [0.4, 0.5) is 5.82 Å². The first-order chi connectivity index (χ1) is 29.9. The van der Waals surface area contributed by atoms with Gasteiger partial charge in [0.1, 0.15) is 42.0 Å². The molecule has 2 amide bonds. The Kier molecular flexibility index (Phi) is 19.5. The number of nitrogens with two attached hydrogens (primary N) is 1. The zero-order valence-corrected chi connectivity index (χ0v) is 38.5. The van der Waals surface area contributed by atoms with Crippen LogP contribution in [-0.2, 0) is 55.5 Å². The van der Waals surface area contributed by atoms with E-state index in [1.165, 1.54) is 19.9 Å². The van der Waals surface area contributed by atoms with E-state index >= 15 is 0 Å². The highest BCUT2D eigenvalue weighted by Gasteiger charge is 2.50. The standard InChI is InChI=1S/C35H54N7O18P3S/c1-4-5-6-9-22-21(11-12-23(22)43)8-7-10-26(45)64-16-15-37-25(44)13-14-38-33(48)30(47)35(2,3)18-57-63(54,55)60-62(52,53)56-17-24-29(59-61(49,50)51)28(46)34(58-24)42-20-41-27-31(36)39-19-40-32(27)42/h5-7,10,19-22,24,28-30,34,46-47H,4,8-9,11-18H2,1-3H3,(H,37,44)(H,38,48)(H,52,53)(H,54,55)(H2,36,39,40)(H2,49,50,51)/b6-5-,10-7+/t21-,22+,24-,28-,29-,30?,34-/m1/s1. The van der Waals surface area contributed by atoms with Crippen molar-refractivity contribution in [1.29, 1.82) is 0 Å². The van der Waals surface area contributed by atoms with Crippen molar-refractivity contribution < 1.29 is 85.3 Å². The largest absolute Gasteiger partial charge is 0.481 e. The van der Waals surface area contributed by atoms with Crippen LogP contribution in [-0.4, -0.2) is 128 Å². The van der Waals surface area contributed by atoms with E-state index in [1.54, 1.807) is 6.08 Å². The lowest BCUT2D eigenvalue weighted by atomic mass is 9.87. The second-order valence-corrected chi connectivity index (χ2v) is 20.7. The van der Waals surface area contributed by atoms with Gasteiger partial charge in [0.2, 0.25) is 16.9 Å². The molecule has 0 aromatic carbocycles. The highest BCUT2D eigenvalue weighted by atomic mass is 32.2. The molecule has 2 fully saturated rings. The van der Waals surface area contributed by atoms with Gasteiger partial charge in [0.25, 0.3) is 0 Å². The lowest BCUT2D eigenvalue weighted by molar-refractivity contribution is -0.137. The van der Waals surface area contributed by atoms with Crippen molar-refractivity contribution in [1.82, 2.24) is 30.2 Å². The number of anilines is 1. The molecule has 64 heavy (non-hydrogen) atoms. The molecule has 0 radical (unpaired) electrons. The molecular weight excluding hydrogens is 931 g/mol. The predicted molar refractivity (Wildman–Crippen MR) is 226 cm³/mol. The average molecular weight is 986 g/mol. The number of imidazole rings is 1. The fraction of sp³-hybridized carbons (Fsp3) is 0.629. The molecule has 10 N–H and O–H groups in total. The molecule has 9 atom stereocenters. The van der Waals surface area contributed by atoms with Crippen LogP contribution in [0.25, 0.3) is 11.2 Å². The number of allylic oxidation sites excluding steroid dienone is 3. The molecule has 4 rings (SSSR count). The fourth-order valence-electron chi connectivity index (χ4n) is 6.66. The minimum atomic E-state index is -5.59. The van der Waals surface area contributed by atoms with Crippen LogP contribution in [0.3, 0.4) is 0 Å². The number of phosphoric ester groups is 3. The molecule has 1 aliphatic heterocycles. The molecule has 2 aromatic heterocycles. The van der Waals surface area contributed by atoms with E-state index in [9.17, 15) is 62.7 Å². The van der Waals surface area contributed by atoms with E-state index < -0.39 is 84.6 Å². The number of nitrogen functional groups attached to an aromatic ring is 1. The third-order valence-electron chi connectivity index (χ3n) is 9.98. The van der Waals surface area contributed by atoms with Crippen molar-refractivity contribution in [2.75, 3.05) is 37.8 Å². The van der Waals surface area contributed by atoms with E-state index in [1.807, 2.05) is 19.1 Å². The topological polar surface area (TPSA) is 381 Å². The third-order valence-corrected chi connectivity index (χ3v) is 13.9. The molecule has 3 unspecified atom stereocenters. The lowest BCUT2D eigenvalue weighted by Crippen LogP contribution is -2.46. The number of phosphoric acid groups is 3. The van der Waals surface area contributed by atoms with Gasteiger partial charge < -0.3 is 50.9 Å². The maximum atomic E-state index is 12.7. The number of nitrogens with one attached hydrogen (secondary N) is 2. The summed E-state index contributed by atoms with van der Waals surface area (Å²) in [6, 6.07) is 0. The summed E-state index contributed by atoms with van der Waals surface area (Å²) in [5.74, 6) is -0.791. The van der Waals surface area contributed by atoms with Crippen molar-refractivity contribution in [2.45, 2.75) is 89.9 Å². The van der Waals surface area contributed by atoms with Crippen LogP contribution in [0.15, 0.2) is 37.0 Å². The Morgan fingerprint density at radius 3 is 2.47 bits per heavy atom. The summed E-state index contributed by atoms with van der Waals surface area (Å²) in [4.78, 5) is 101. The molecule has 358 valence electrons. The zero-order chi connectivity index (χ0) is 47.5. The molecule has 25 nitrogen and oxygen atoms in total. The first kappa shape index (κ1) is 53.3. The van der Waals surface area contributed by atoms with Crippen LogP contribution in [0, 0.1) is 17.3 Å². The van der Waals surface area contributed by atoms with E-state index in [2.05, 4.69) is 34.4 Å². The number of amides is 2. The van der Waals surface area contributed by atoms with Crippen molar-refractivity contribution >= 4 is 74.9 Å². The second-order valence-electron chi connectivity index (χ2n) is 15.4. The van der Waals surface area contributed by atoms with Gasteiger partial charge in [-0.25, -0.2) is 28.6 Å². The molecule has 3 heterocycles. The Labute approximate surface area is 371 Å². The number of ketones is 1. The number of Topliss-reactive ketones (excluding diaryl/α,β-unsaturated/α-hetero) is 1. The first-order valence-corrected chi connectivity index (χ1v) is 25.3. The molecule has 29 heteroatoms. The minimum absolute atomic E-state index is 0.0258.